The molecule has 0 spiro atoms. The van der Waals surface area contributed by atoms with Gasteiger partial charge in [0.25, 0.3) is 11.8 Å². The van der Waals surface area contributed by atoms with Crippen LogP contribution in [0.25, 0.3) is 44.6 Å². The van der Waals surface area contributed by atoms with Crippen molar-refractivity contribution in [2.75, 3.05) is 13.2 Å². The van der Waals surface area contributed by atoms with Crippen LogP contribution in [0.2, 0.25) is 0 Å². The lowest BCUT2D eigenvalue weighted by Gasteiger charge is -2.17. The number of hydrogen-bond donors (Lipinski definition) is 2. The average Bonchev–Trinajstić information content (AvgIpc) is 3.68. The molecule has 162 valence electrons. The van der Waals surface area contributed by atoms with Crippen LogP contribution in [0.15, 0.2) is 70.0 Å². The molecule has 0 aliphatic carbocycles. The van der Waals surface area contributed by atoms with E-state index < -0.39 is 5.79 Å². The number of rotatable bonds is 4. The first-order valence-corrected chi connectivity index (χ1v) is 10.4. The standard InChI is InChI=1S/C23H16N6O4/c1-3-13-7-9-24-17(13)15(5-1)19-26-21(32-28-19)23(30-11-12-31-23)22-27-20(29-33-22)16-6-2-4-14-8-10-25-18(14)16/h1-10,24-25H,11-12H2. The number of H-pyrrole nitrogens is 2. The van der Waals surface area contributed by atoms with Crippen molar-refractivity contribution >= 4 is 21.8 Å². The van der Waals surface area contributed by atoms with E-state index in [1.165, 1.54) is 0 Å². The lowest BCUT2D eigenvalue weighted by atomic mass is 10.1. The predicted molar refractivity (Wildman–Crippen MR) is 116 cm³/mol. The predicted octanol–water partition coefficient (Wildman–Crippen LogP) is 4.00. The number of para-hydroxylation sites is 2. The lowest BCUT2D eigenvalue weighted by molar-refractivity contribution is -0.167. The highest BCUT2D eigenvalue weighted by molar-refractivity contribution is 5.93. The van der Waals surface area contributed by atoms with E-state index in [0.29, 0.717) is 24.9 Å². The maximum Gasteiger partial charge on any atom is 0.332 e. The van der Waals surface area contributed by atoms with Gasteiger partial charge >= 0.3 is 5.79 Å². The molecule has 0 atom stereocenters. The number of nitrogens with zero attached hydrogens (tertiary/aromatic N) is 4. The molecule has 1 aliphatic heterocycles. The molecule has 2 aromatic carbocycles. The number of aromatic nitrogens is 6. The summed E-state index contributed by atoms with van der Waals surface area (Å²) in [6, 6.07) is 15.7. The second-order valence-electron chi connectivity index (χ2n) is 7.65. The summed E-state index contributed by atoms with van der Waals surface area (Å²) >= 11 is 0. The summed E-state index contributed by atoms with van der Waals surface area (Å²) in [5.41, 5.74) is 3.41. The van der Waals surface area contributed by atoms with Crippen LogP contribution < -0.4 is 0 Å². The van der Waals surface area contributed by atoms with Crippen molar-refractivity contribution in [3.8, 4) is 22.8 Å². The third-order valence-corrected chi connectivity index (χ3v) is 5.77. The molecule has 33 heavy (non-hydrogen) atoms. The second-order valence-corrected chi connectivity index (χ2v) is 7.65. The molecule has 4 aromatic heterocycles. The van der Waals surface area contributed by atoms with Gasteiger partial charge in [0.05, 0.1) is 24.2 Å². The fraction of sp³-hybridized carbons (Fsp3) is 0.130. The molecule has 0 saturated carbocycles. The van der Waals surface area contributed by atoms with Crippen molar-refractivity contribution < 1.29 is 18.5 Å². The first-order chi connectivity index (χ1) is 16.3. The molecule has 6 aromatic rings. The highest BCUT2D eigenvalue weighted by Gasteiger charge is 2.52. The molecule has 7 rings (SSSR count). The van der Waals surface area contributed by atoms with E-state index >= 15 is 0 Å². The molecular weight excluding hydrogens is 424 g/mol. The fourth-order valence-corrected chi connectivity index (χ4v) is 4.23. The Bertz CT molecular complexity index is 1490. The minimum absolute atomic E-state index is 0.0897. The monoisotopic (exact) mass is 440 g/mol. The Balaban J connectivity index is 1.32. The summed E-state index contributed by atoms with van der Waals surface area (Å²) in [6.45, 7) is 0.627. The quantitative estimate of drug-likeness (QED) is 0.421. The molecule has 0 bridgehead atoms. The number of benzene rings is 2. The van der Waals surface area contributed by atoms with E-state index in [1.54, 1.807) is 0 Å². The third kappa shape index (κ3) is 2.68. The van der Waals surface area contributed by atoms with Gasteiger partial charge in [-0.15, -0.1) is 0 Å². The summed E-state index contributed by atoms with van der Waals surface area (Å²) in [5, 5.41) is 10.4. The summed E-state index contributed by atoms with van der Waals surface area (Å²) < 4.78 is 23.1. The minimum atomic E-state index is -1.57. The molecule has 1 aliphatic rings. The summed E-state index contributed by atoms with van der Waals surface area (Å²) in [4.78, 5) is 15.6. The molecule has 10 heteroatoms. The van der Waals surface area contributed by atoms with Crippen molar-refractivity contribution in [1.29, 1.82) is 0 Å². The van der Waals surface area contributed by atoms with Crippen LogP contribution in [0.4, 0.5) is 0 Å². The molecule has 1 saturated heterocycles. The summed E-state index contributed by atoms with van der Waals surface area (Å²) in [5.74, 6) is -0.595. The normalized spacial score (nSPS) is 15.6. The van der Waals surface area contributed by atoms with Crippen LogP contribution in [0.5, 0.6) is 0 Å². The van der Waals surface area contributed by atoms with Crippen molar-refractivity contribution in [1.82, 2.24) is 30.2 Å². The van der Waals surface area contributed by atoms with Crippen LogP contribution in [0, 0.1) is 0 Å². The Labute approximate surface area is 185 Å². The molecule has 0 unspecified atom stereocenters. The molecule has 10 nitrogen and oxygen atoms in total. The van der Waals surface area contributed by atoms with Crippen LogP contribution in [0.1, 0.15) is 11.8 Å². The molecule has 0 amide bonds. The SMILES string of the molecule is c1cc(-c2noc(C3(c4nc(-c5cccc6cc[nH]c56)no4)OCCO3)n2)c2[nH]ccc2c1. The maximum absolute atomic E-state index is 5.93. The van der Waals surface area contributed by atoms with Gasteiger partial charge in [0.15, 0.2) is 0 Å². The Kier molecular flexibility index (Phi) is 3.80. The smallest absolute Gasteiger partial charge is 0.332 e. The van der Waals surface area contributed by atoms with Crippen LogP contribution in [0.3, 0.4) is 0 Å². The zero-order valence-corrected chi connectivity index (χ0v) is 17.1. The topological polar surface area (TPSA) is 128 Å². The van der Waals surface area contributed by atoms with Gasteiger partial charge in [-0.25, -0.2) is 0 Å². The summed E-state index contributed by atoms with van der Waals surface area (Å²) in [6.07, 6.45) is 3.73. The number of nitrogens with one attached hydrogen (secondary N) is 2. The molecule has 1 fully saturated rings. The first-order valence-electron chi connectivity index (χ1n) is 10.4. The lowest BCUT2D eigenvalue weighted by Crippen LogP contribution is -2.29. The number of hydrogen-bond acceptors (Lipinski definition) is 8. The zero-order chi connectivity index (χ0) is 21.8. The Morgan fingerprint density at radius 2 is 1.18 bits per heavy atom. The number of ether oxygens (including phenoxy) is 2. The average molecular weight is 440 g/mol. The van der Waals surface area contributed by atoms with Gasteiger partial charge in [0, 0.05) is 34.3 Å². The van der Waals surface area contributed by atoms with E-state index in [-0.39, 0.29) is 11.8 Å². The highest BCUT2D eigenvalue weighted by atomic mass is 16.8. The number of fused-ring (bicyclic) bond motifs is 2. The minimum Gasteiger partial charge on any atom is -0.361 e. The van der Waals surface area contributed by atoms with Crippen molar-refractivity contribution in [2.45, 2.75) is 5.79 Å². The van der Waals surface area contributed by atoms with Gasteiger partial charge in [-0.3, -0.25) is 0 Å². The summed E-state index contributed by atoms with van der Waals surface area (Å²) in [7, 11) is 0. The van der Waals surface area contributed by atoms with E-state index in [0.717, 1.165) is 32.9 Å². The second kappa shape index (κ2) is 6.86. The Morgan fingerprint density at radius 1 is 0.667 bits per heavy atom. The molecule has 0 radical (unpaired) electrons. The van der Waals surface area contributed by atoms with E-state index in [2.05, 4.69) is 30.2 Å². The van der Waals surface area contributed by atoms with E-state index in [9.17, 15) is 0 Å². The fourth-order valence-electron chi connectivity index (χ4n) is 4.23. The molecule has 5 heterocycles. The van der Waals surface area contributed by atoms with Gasteiger partial charge < -0.3 is 28.5 Å². The molecule has 2 N–H and O–H groups in total. The molecular formula is C23H16N6O4. The van der Waals surface area contributed by atoms with Crippen LogP contribution in [-0.2, 0) is 15.3 Å². The van der Waals surface area contributed by atoms with Gasteiger partial charge in [-0.2, -0.15) is 9.97 Å². The Hall–Kier alpha value is -4.28. The van der Waals surface area contributed by atoms with Crippen LogP contribution >= 0.6 is 0 Å². The maximum atomic E-state index is 5.93. The van der Waals surface area contributed by atoms with Crippen molar-refractivity contribution in [3.05, 3.63) is 72.7 Å². The largest absolute Gasteiger partial charge is 0.361 e. The van der Waals surface area contributed by atoms with Gasteiger partial charge in [0.1, 0.15) is 0 Å². The van der Waals surface area contributed by atoms with Crippen LogP contribution in [-0.4, -0.2) is 43.5 Å². The van der Waals surface area contributed by atoms with Gasteiger partial charge in [-0.05, 0) is 24.3 Å². The van der Waals surface area contributed by atoms with Gasteiger partial charge in [-0.1, -0.05) is 34.6 Å². The first kappa shape index (κ1) is 18.3. The highest BCUT2D eigenvalue weighted by Crippen LogP contribution is 2.39. The van der Waals surface area contributed by atoms with Crippen molar-refractivity contribution in [3.63, 3.8) is 0 Å². The third-order valence-electron chi connectivity index (χ3n) is 5.77. The van der Waals surface area contributed by atoms with E-state index in [1.807, 2.05) is 60.9 Å². The van der Waals surface area contributed by atoms with Crippen molar-refractivity contribution in [2.24, 2.45) is 0 Å². The van der Waals surface area contributed by atoms with E-state index in [4.69, 9.17) is 18.5 Å². The van der Waals surface area contributed by atoms with Gasteiger partial charge in [0.2, 0.25) is 11.6 Å². The zero-order valence-electron chi connectivity index (χ0n) is 17.1. The number of aromatic amines is 2. The Morgan fingerprint density at radius 3 is 1.70 bits per heavy atom.